The van der Waals surface area contributed by atoms with E-state index >= 15 is 0 Å². The second kappa shape index (κ2) is 6.83. The summed E-state index contributed by atoms with van der Waals surface area (Å²) in [5, 5.41) is 2.81. The first-order valence-electron chi connectivity index (χ1n) is 7.05. The molecule has 1 aliphatic heterocycles. The maximum Gasteiger partial charge on any atom is 0.221 e. The van der Waals surface area contributed by atoms with Gasteiger partial charge in [-0.05, 0) is 43.5 Å². The van der Waals surface area contributed by atoms with E-state index in [0.29, 0.717) is 18.6 Å². The molecule has 1 N–H and O–H groups in total. The molecule has 116 valence electrons. The third-order valence-electron chi connectivity index (χ3n) is 3.67. The molecule has 2 rings (SSSR count). The highest BCUT2D eigenvalue weighted by Gasteiger charge is 2.28. The molecule has 1 aromatic rings. The van der Waals surface area contributed by atoms with Crippen LogP contribution in [-0.2, 0) is 14.6 Å². The summed E-state index contributed by atoms with van der Waals surface area (Å²) < 4.78 is 22.7. The van der Waals surface area contributed by atoms with Crippen LogP contribution in [0.2, 0.25) is 0 Å². The molecule has 1 heterocycles. The van der Waals surface area contributed by atoms with Crippen LogP contribution in [0.4, 0.5) is 0 Å². The molecule has 1 aliphatic rings. The minimum Gasteiger partial charge on any atom is -0.352 e. The number of hydrogen-bond donors (Lipinski definition) is 1. The Hall–Kier alpha value is -1.01. The molecule has 0 aromatic heterocycles. The number of nitrogens with one attached hydrogen (secondary N) is 1. The van der Waals surface area contributed by atoms with E-state index in [-0.39, 0.29) is 23.5 Å². The van der Waals surface area contributed by atoms with Crippen molar-refractivity contribution in [3.63, 3.8) is 0 Å². The Morgan fingerprint density at radius 2 is 2.10 bits per heavy atom. The molecule has 0 saturated carbocycles. The maximum absolute atomic E-state index is 11.8. The lowest BCUT2D eigenvalue weighted by atomic mass is 10.1. The highest BCUT2D eigenvalue weighted by atomic mass is 32.2. The molecular formula is C15H21NO3S2. The molecule has 0 bridgehead atoms. The lowest BCUT2D eigenvalue weighted by Crippen LogP contribution is -2.35. The van der Waals surface area contributed by atoms with Crippen molar-refractivity contribution in [2.45, 2.75) is 37.6 Å². The van der Waals surface area contributed by atoms with Crippen molar-refractivity contribution in [3.05, 3.63) is 29.3 Å². The van der Waals surface area contributed by atoms with Gasteiger partial charge in [0.05, 0.1) is 11.5 Å². The van der Waals surface area contributed by atoms with Gasteiger partial charge in [-0.1, -0.05) is 6.07 Å². The molecule has 1 atom stereocenters. The van der Waals surface area contributed by atoms with E-state index < -0.39 is 9.84 Å². The Morgan fingerprint density at radius 1 is 1.33 bits per heavy atom. The van der Waals surface area contributed by atoms with Gasteiger partial charge in [0.1, 0.15) is 0 Å². The second-order valence-electron chi connectivity index (χ2n) is 5.51. The van der Waals surface area contributed by atoms with Crippen LogP contribution in [0.15, 0.2) is 23.1 Å². The van der Waals surface area contributed by atoms with Gasteiger partial charge in [0.15, 0.2) is 9.84 Å². The summed E-state index contributed by atoms with van der Waals surface area (Å²) in [6.07, 6.45) is 0.951. The molecule has 1 amide bonds. The number of hydrogen-bond acceptors (Lipinski definition) is 4. The summed E-state index contributed by atoms with van der Waals surface area (Å²) in [4.78, 5) is 13.0. The Kier molecular flexibility index (Phi) is 5.32. The van der Waals surface area contributed by atoms with E-state index in [1.54, 1.807) is 11.8 Å². The number of thioether (sulfide) groups is 1. The van der Waals surface area contributed by atoms with E-state index in [1.807, 2.05) is 0 Å². The first-order valence-corrected chi connectivity index (χ1v) is 9.86. The van der Waals surface area contributed by atoms with E-state index in [0.717, 1.165) is 4.90 Å². The van der Waals surface area contributed by atoms with Crippen molar-refractivity contribution in [2.24, 2.45) is 0 Å². The van der Waals surface area contributed by atoms with Gasteiger partial charge in [0, 0.05) is 23.1 Å². The quantitative estimate of drug-likeness (QED) is 0.841. The lowest BCUT2D eigenvalue weighted by Gasteiger charge is -2.10. The Bertz CT molecular complexity index is 626. The molecule has 1 aromatic carbocycles. The van der Waals surface area contributed by atoms with E-state index in [1.165, 1.54) is 11.1 Å². The van der Waals surface area contributed by atoms with Crippen LogP contribution in [0.25, 0.3) is 0 Å². The predicted octanol–water partition coefficient (Wildman–Crippen LogP) is 2.09. The van der Waals surface area contributed by atoms with E-state index in [4.69, 9.17) is 0 Å². The summed E-state index contributed by atoms with van der Waals surface area (Å²) in [5.74, 6) is 0.917. The van der Waals surface area contributed by atoms with Gasteiger partial charge in [-0.15, -0.1) is 11.8 Å². The first-order chi connectivity index (χ1) is 9.85. The van der Waals surface area contributed by atoms with Gasteiger partial charge in [0.2, 0.25) is 5.91 Å². The van der Waals surface area contributed by atoms with Crippen molar-refractivity contribution < 1.29 is 13.2 Å². The van der Waals surface area contributed by atoms with Crippen molar-refractivity contribution in [1.29, 1.82) is 0 Å². The van der Waals surface area contributed by atoms with Crippen LogP contribution in [-0.4, -0.2) is 37.6 Å². The molecule has 6 heteroatoms. The zero-order chi connectivity index (χ0) is 15.5. The predicted molar refractivity (Wildman–Crippen MR) is 86.5 cm³/mol. The van der Waals surface area contributed by atoms with Crippen LogP contribution in [0.1, 0.15) is 24.0 Å². The van der Waals surface area contributed by atoms with E-state index in [2.05, 4.69) is 37.4 Å². The number of amides is 1. The number of benzene rings is 1. The summed E-state index contributed by atoms with van der Waals surface area (Å²) in [5.41, 5.74) is 2.51. The van der Waals surface area contributed by atoms with Crippen LogP contribution in [0, 0.1) is 13.8 Å². The number of carbonyl (C=O) groups is 1. The second-order valence-corrected chi connectivity index (χ2v) is 8.91. The minimum absolute atomic E-state index is 0.0616. The van der Waals surface area contributed by atoms with Crippen LogP contribution in [0.3, 0.4) is 0 Å². The normalized spacial score (nSPS) is 20.4. The van der Waals surface area contributed by atoms with Crippen molar-refractivity contribution in [3.8, 4) is 0 Å². The minimum atomic E-state index is -2.93. The first kappa shape index (κ1) is 16.4. The fourth-order valence-electron chi connectivity index (χ4n) is 2.27. The van der Waals surface area contributed by atoms with Crippen LogP contribution < -0.4 is 5.32 Å². The van der Waals surface area contributed by atoms with Gasteiger partial charge in [0.25, 0.3) is 0 Å². The van der Waals surface area contributed by atoms with Gasteiger partial charge < -0.3 is 5.32 Å². The Labute approximate surface area is 130 Å². The largest absolute Gasteiger partial charge is 0.352 e. The average Bonchev–Trinajstić information content (AvgIpc) is 2.73. The molecule has 4 nitrogen and oxygen atoms in total. The fraction of sp³-hybridized carbons (Fsp3) is 0.533. The van der Waals surface area contributed by atoms with Gasteiger partial charge in [-0.3, -0.25) is 4.79 Å². The molecule has 0 radical (unpaired) electrons. The lowest BCUT2D eigenvalue weighted by molar-refractivity contribution is -0.121. The highest BCUT2D eigenvalue weighted by Crippen LogP contribution is 2.21. The smallest absolute Gasteiger partial charge is 0.221 e. The monoisotopic (exact) mass is 327 g/mol. The number of aryl methyl sites for hydroxylation is 2. The average molecular weight is 327 g/mol. The molecular weight excluding hydrogens is 306 g/mol. The van der Waals surface area contributed by atoms with Crippen molar-refractivity contribution in [1.82, 2.24) is 5.32 Å². The van der Waals surface area contributed by atoms with Gasteiger partial charge in [-0.25, -0.2) is 8.42 Å². The molecule has 1 saturated heterocycles. The molecule has 0 aliphatic carbocycles. The fourth-order valence-corrected chi connectivity index (χ4v) is 4.89. The van der Waals surface area contributed by atoms with E-state index in [9.17, 15) is 13.2 Å². The number of carbonyl (C=O) groups excluding carboxylic acids is 1. The van der Waals surface area contributed by atoms with Crippen molar-refractivity contribution in [2.75, 3.05) is 17.3 Å². The van der Waals surface area contributed by atoms with Gasteiger partial charge >= 0.3 is 0 Å². The molecule has 21 heavy (non-hydrogen) atoms. The third-order valence-corrected chi connectivity index (χ3v) is 6.44. The zero-order valence-corrected chi connectivity index (χ0v) is 14.0. The highest BCUT2D eigenvalue weighted by molar-refractivity contribution is 7.99. The summed E-state index contributed by atoms with van der Waals surface area (Å²) >= 11 is 1.65. The van der Waals surface area contributed by atoms with Gasteiger partial charge in [-0.2, -0.15) is 0 Å². The van der Waals surface area contributed by atoms with Crippen molar-refractivity contribution >= 4 is 27.5 Å². The number of sulfone groups is 1. The SMILES string of the molecule is Cc1ccc(SCCC(=O)N[C@@H]2CCS(=O)(=O)C2)cc1C. The Morgan fingerprint density at radius 3 is 2.71 bits per heavy atom. The molecule has 0 unspecified atom stereocenters. The topological polar surface area (TPSA) is 63.2 Å². The maximum atomic E-state index is 11.8. The standard InChI is InChI=1S/C15H21NO3S2/c1-11-3-4-14(9-12(11)2)20-7-5-15(17)16-13-6-8-21(18,19)10-13/h3-4,9,13H,5-8,10H2,1-2H3,(H,16,17)/t13-/m1/s1. The zero-order valence-electron chi connectivity index (χ0n) is 12.4. The summed E-state index contributed by atoms with van der Waals surface area (Å²) in [6, 6.07) is 6.07. The third kappa shape index (κ3) is 5.04. The molecule has 1 fully saturated rings. The molecule has 0 spiro atoms. The van der Waals surface area contributed by atoms with Crippen LogP contribution in [0.5, 0.6) is 0 Å². The summed E-state index contributed by atoms with van der Waals surface area (Å²) in [6.45, 7) is 4.15. The van der Waals surface area contributed by atoms with Crippen LogP contribution >= 0.6 is 11.8 Å². The Balaban J connectivity index is 1.73. The summed E-state index contributed by atoms with van der Waals surface area (Å²) in [7, 11) is -2.93. The number of rotatable bonds is 5.